The molecule has 0 aromatic heterocycles. The topological polar surface area (TPSA) is 57.7 Å². The van der Waals surface area contributed by atoms with Crippen LogP contribution in [-0.2, 0) is 27.8 Å². The summed E-state index contributed by atoms with van der Waals surface area (Å²) in [5.74, 6) is 0.636. The van der Waals surface area contributed by atoms with E-state index in [2.05, 4.69) is 18.2 Å². The van der Waals surface area contributed by atoms with Crippen LogP contribution >= 0.6 is 0 Å². The van der Waals surface area contributed by atoms with Gasteiger partial charge in [0.1, 0.15) is 0 Å². The highest BCUT2D eigenvalue weighted by molar-refractivity contribution is 7.89. The van der Waals surface area contributed by atoms with Crippen LogP contribution < -0.4 is 0 Å². The van der Waals surface area contributed by atoms with Crippen LogP contribution in [-0.4, -0.2) is 43.2 Å². The quantitative estimate of drug-likeness (QED) is 0.756. The summed E-state index contributed by atoms with van der Waals surface area (Å²) in [6, 6.07) is 17.0. The zero-order valence-corrected chi connectivity index (χ0v) is 17.5. The van der Waals surface area contributed by atoms with E-state index in [1.54, 1.807) is 28.6 Å². The average molecular weight is 413 g/mol. The molecule has 2 aliphatic rings. The second-order valence-corrected chi connectivity index (χ2v) is 9.97. The number of hydrogen-bond donors (Lipinski definition) is 0. The minimum Gasteiger partial charge on any atom is -0.338 e. The van der Waals surface area contributed by atoms with Crippen LogP contribution in [0.15, 0.2) is 59.5 Å². The third-order valence-corrected chi connectivity index (χ3v) is 8.12. The molecule has 0 saturated carbocycles. The van der Waals surface area contributed by atoms with E-state index in [0.717, 1.165) is 32.2 Å². The van der Waals surface area contributed by atoms with Gasteiger partial charge in [-0.05, 0) is 54.9 Å². The molecule has 6 heteroatoms. The maximum absolute atomic E-state index is 12.7. The zero-order chi connectivity index (χ0) is 20.3. The minimum absolute atomic E-state index is 0.221. The number of piperidine rings is 1. The fourth-order valence-corrected chi connectivity index (χ4v) is 5.86. The summed E-state index contributed by atoms with van der Waals surface area (Å²) in [4.78, 5) is 15.0. The number of nitrogens with zero attached hydrogens (tertiary/aromatic N) is 2. The smallest absolute Gasteiger partial charge is 0.243 e. The van der Waals surface area contributed by atoms with Gasteiger partial charge in [-0.1, -0.05) is 42.5 Å². The van der Waals surface area contributed by atoms with Crippen LogP contribution in [0.5, 0.6) is 0 Å². The number of carbonyl (C=O) groups is 1. The van der Waals surface area contributed by atoms with Gasteiger partial charge in [-0.2, -0.15) is 4.31 Å². The first-order chi connectivity index (χ1) is 14.0. The SMILES string of the molecule is O=C(CCC1CCN(S(=O)(=O)c2ccccc2)CC1)N1CCc2ccccc2C1. The third-order valence-electron chi connectivity index (χ3n) is 6.20. The van der Waals surface area contributed by atoms with Gasteiger partial charge in [0, 0.05) is 32.6 Å². The van der Waals surface area contributed by atoms with Gasteiger partial charge >= 0.3 is 0 Å². The van der Waals surface area contributed by atoms with Gasteiger partial charge in [-0.15, -0.1) is 0 Å². The van der Waals surface area contributed by atoms with Gasteiger partial charge in [0.2, 0.25) is 15.9 Å². The minimum atomic E-state index is -3.40. The van der Waals surface area contributed by atoms with Crippen molar-refractivity contribution in [2.24, 2.45) is 5.92 Å². The van der Waals surface area contributed by atoms with Crippen LogP contribution in [0.25, 0.3) is 0 Å². The Morgan fingerprint density at radius 1 is 0.897 bits per heavy atom. The summed E-state index contributed by atoms with van der Waals surface area (Å²) >= 11 is 0. The van der Waals surface area contributed by atoms with Gasteiger partial charge < -0.3 is 4.90 Å². The van der Waals surface area contributed by atoms with Crippen LogP contribution in [0.2, 0.25) is 0 Å². The van der Waals surface area contributed by atoms with Gasteiger partial charge in [-0.25, -0.2) is 8.42 Å². The number of rotatable bonds is 5. The highest BCUT2D eigenvalue weighted by atomic mass is 32.2. The van der Waals surface area contributed by atoms with E-state index in [1.807, 2.05) is 17.0 Å². The molecule has 0 bridgehead atoms. The number of hydrogen-bond acceptors (Lipinski definition) is 3. The number of amides is 1. The highest BCUT2D eigenvalue weighted by Crippen LogP contribution is 2.27. The van der Waals surface area contributed by atoms with Crippen LogP contribution in [0, 0.1) is 5.92 Å². The lowest BCUT2D eigenvalue weighted by Crippen LogP contribution is -2.39. The van der Waals surface area contributed by atoms with E-state index >= 15 is 0 Å². The Hall–Kier alpha value is -2.18. The second-order valence-electron chi connectivity index (χ2n) is 8.03. The van der Waals surface area contributed by atoms with Crippen molar-refractivity contribution in [3.05, 3.63) is 65.7 Å². The summed E-state index contributed by atoms with van der Waals surface area (Å²) in [5.41, 5.74) is 2.61. The average Bonchev–Trinajstić information content (AvgIpc) is 2.78. The number of carbonyl (C=O) groups excluding carboxylic acids is 1. The molecule has 29 heavy (non-hydrogen) atoms. The maximum atomic E-state index is 12.7. The van der Waals surface area contributed by atoms with Crippen molar-refractivity contribution in [3.63, 3.8) is 0 Å². The Morgan fingerprint density at radius 3 is 2.28 bits per heavy atom. The van der Waals surface area contributed by atoms with E-state index in [1.165, 1.54) is 11.1 Å². The molecule has 1 amide bonds. The molecule has 1 saturated heterocycles. The van der Waals surface area contributed by atoms with Crippen molar-refractivity contribution in [2.45, 2.75) is 43.5 Å². The molecular weight excluding hydrogens is 384 g/mol. The Balaban J connectivity index is 1.26. The molecule has 5 nitrogen and oxygen atoms in total. The van der Waals surface area contributed by atoms with Crippen LogP contribution in [0.1, 0.15) is 36.8 Å². The lowest BCUT2D eigenvalue weighted by molar-refractivity contribution is -0.132. The third kappa shape index (κ3) is 4.54. The van der Waals surface area contributed by atoms with Crippen molar-refractivity contribution in [3.8, 4) is 0 Å². The standard InChI is InChI=1S/C23H28N2O3S/c26-23(24-15-14-20-6-4-5-7-21(20)18-24)11-10-19-12-16-25(17-13-19)29(27,28)22-8-2-1-3-9-22/h1-9,19H,10-18H2. The molecular formula is C23H28N2O3S. The van der Waals surface area contributed by atoms with Crippen LogP contribution in [0.3, 0.4) is 0 Å². The fraction of sp³-hybridized carbons (Fsp3) is 0.435. The zero-order valence-electron chi connectivity index (χ0n) is 16.7. The Kier molecular flexibility index (Phi) is 6.01. The van der Waals surface area contributed by atoms with E-state index in [0.29, 0.717) is 36.9 Å². The van der Waals surface area contributed by atoms with E-state index < -0.39 is 10.0 Å². The number of sulfonamides is 1. The van der Waals surface area contributed by atoms with E-state index in [4.69, 9.17) is 0 Å². The van der Waals surface area contributed by atoms with Gasteiger partial charge in [0.15, 0.2) is 0 Å². The van der Waals surface area contributed by atoms with Crippen molar-refractivity contribution < 1.29 is 13.2 Å². The van der Waals surface area contributed by atoms with Gasteiger partial charge in [0.25, 0.3) is 0 Å². The summed E-state index contributed by atoms with van der Waals surface area (Å²) < 4.78 is 27.1. The Bertz CT molecular complexity index is 951. The summed E-state index contributed by atoms with van der Waals surface area (Å²) in [7, 11) is -3.40. The summed E-state index contributed by atoms with van der Waals surface area (Å²) in [5, 5.41) is 0. The largest absolute Gasteiger partial charge is 0.338 e. The molecule has 2 aromatic rings. The first-order valence-electron chi connectivity index (χ1n) is 10.4. The van der Waals surface area contributed by atoms with Crippen molar-refractivity contribution in [2.75, 3.05) is 19.6 Å². The molecule has 0 unspecified atom stereocenters. The predicted molar refractivity (Wildman–Crippen MR) is 113 cm³/mol. The van der Waals surface area contributed by atoms with E-state index in [9.17, 15) is 13.2 Å². The lowest BCUT2D eigenvalue weighted by atomic mass is 9.92. The Morgan fingerprint density at radius 2 is 1.55 bits per heavy atom. The van der Waals surface area contributed by atoms with Crippen molar-refractivity contribution in [1.29, 1.82) is 0 Å². The molecule has 1 fully saturated rings. The second kappa shape index (κ2) is 8.67. The molecule has 0 radical (unpaired) electrons. The lowest BCUT2D eigenvalue weighted by Gasteiger charge is -2.32. The first kappa shape index (κ1) is 20.1. The number of benzene rings is 2. The van der Waals surface area contributed by atoms with Crippen molar-refractivity contribution >= 4 is 15.9 Å². The summed E-state index contributed by atoms with van der Waals surface area (Å²) in [6.07, 6.45) is 3.97. The predicted octanol–water partition coefficient (Wildman–Crippen LogP) is 3.45. The maximum Gasteiger partial charge on any atom is 0.243 e. The monoisotopic (exact) mass is 412 g/mol. The van der Waals surface area contributed by atoms with Gasteiger partial charge in [-0.3, -0.25) is 4.79 Å². The van der Waals surface area contributed by atoms with Crippen LogP contribution in [0.4, 0.5) is 0 Å². The molecule has 4 rings (SSSR count). The van der Waals surface area contributed by atoms with Crippen molar-refractivity contribution in [1.82, 2.24) is 9.21 Å². The fourth-order valence-electron chi connectivity index (χ4n) is 4.37. The molecule has 0 spiro atoms. The molecule has 0 aliphatic carbocycles. The summed E-state index contributed by atoms with van der Waals surface area (Å²) in [6.45, 7) is 2.58. The molecule has 2 aromatic carbocycles. The molecule has 2 aliphatic heterocycles. The van der Waals surface area contributed by atoms with Gasteiger partial charge in [0.05, 0.1) is 4.90 Å². The molecule has 0 atom stereocenters. The molecule has 2 heterocycles. The molecule has 0 N–H and O–H groups in total. The highest BCUT2D eigenvalue weighted by Gasteiger charge is 2.30. The normalized spacial score (nSPS) is 18.4. The first-order valence-corrected chi connectivity index (χ1v) is 11.9. The van der Waals surface area contributed by atoms with E-state index in [-0.39, 0.29) is 5.91 Å². The molecule has 154 valence electrons. The Labute approximate surface area is 173 Å². The number of fused-ring (bicyclic) bond motifs is 1.